The van der Waals surface area contributed by atoms with Gasteiger partial charge in [-0.2, -0.15) is 0 Å². The number of unbranched alkanes of at least 4 members (excludes halogenated alkanes) is 1. The van der Waals surface area contributed by atoms with Gasteiger partial charge in [-0.15, -0.1) is 11.3 Å². The van der Waals surface area contributed by atoms with Crippen LogP contribution in [0.1, 0.15) is 39.5 Å². The summed E-state index contributed by atoms with van der Waals surface area (Å²) in [5, 5.41) is 14.6. The number of hydrogen-bond acceptors (Lipinski definition) is 4. The highest BCUT2D eigenvalue weighted by Gasteiger charge is 2.26. The maximum Gasteiger partial charge on any atom is 0.306 e. The molecule has 1 heterocycles. The largest absolute Gasteiger partial charge is 0.481 e. The normalized spacial score (nSPS) is 13.2. The Hall–Kier alpha value is -2.21. The van der Waals surface area contributed by atoms with E-state index in [1.54, 1.807) is 0 Å². The van der Waals surface area contributed by atoms with Gasteiger partial charge < -0.3 is 10.4 Å². The van der Waals surface area contributed by atoms with Crippen molar-refractivity contribution in [3.05, 3.63) is 35.7 Å². The lowest BCUT2D eigenvalue weighted by molar-refractivity contribution is -0.144. The Morgan fingerprint density at radius 2 is 2.00 bits per heavy atom. The van der Waals surface area contributed by atoms with Gasteiger partial charge in [0.15, 0.2) is 5.13 Å². The second kappa shape index (κ2) is 9.32. The summed E-state index contributed by atoms with van der Waals surface area (Å²) in [6.45, 7) is 3.86. The van der Waals surface area contributed by atoms with E-state index >= 15 is 0 Å². The number of carboxylic acids is 1. The highest BCUT2D eigenvalue weighted by Crippen LogP contribution is 2.26. The van der Waals surface area contributed by atoms with Crippen LogP contribution >= 0.6 is 11.3 Å². The first-order valence-electron chi connectivity index (χ1n) is 8.54. The number of benzene rings is 1. The molecule has 6 heteroatoms. The molecular weight excluding hydrogens is 336 g/mol. The molecule has 0 fully saturated rings. The van der Waals surface area contributed by atoms with Crippen molar-refractivity contribution in [3.8, 4) is 11.3 Å². The quantitative estimate of drug-likeness (QED) is 0.681. The number of hydrogen-bond donors (Lipinski definition) is 2. The molecule has 0 radical (unpaired) electrons. The van der Waals surface area contributed by atoms with Crippen LogP contribution in [0.2, 0.25) is 0 Å². The van der Waals surface area contributed by atoms with Crippen LogP contribution in [-0.2, 0) is 9.59 Å². The van der Waals surface area contributed by atoms with Crippen LogP contribution in [0.25, 0.3) is 11.3 Å². The fourth-order valence-electron chi connectivity index (χ4n) is 2.75. The molecule has 1 aromatic heterocycles. The number of thiazole rings is 1. The zero-order valence-corrected chi connectivity index (χ0v) is 15.4. The minimum Gasteiger partial charge on any atom is -0.481 e. The fraction of sp³-hybridized carbons (Fsp3) is 0.421. The van der Waals surface area contributed by atoms with E-state index in [4.69, 9.17) is 0 Å². The molecule has 0 aliphatic heterocycles. The van der Waals surface area contributed by atoms with Gasteiger partial charge in [-0.3, -0.25) is 9.59 Å². The molecule has 0 aliphatic rings. The number of carbonyl (C=O) groups is 2. The van der Waals surface area contributed by atoms with Gasteiger partial charge in [0.05, 0.1) is 11.6 Å². The highest BCUT2D eigenvalue weighted by atomic mass is 32.1. The summed E-state index contributed by atoms with van der Waals surface area (Å²) in [6.07, 6.45) is 2.59. The SMILES string of the molecule is CCCC[C@@H](C(=O)O)[C@@H](C)CC(=O)Nc1nc(-c2ccccc2)cs1. The van der Waals surface area contributed by atoms with E-state index in [9.17, 15) is 14.7 Å². The number of anilines is 1. The Bertz CT molecular complexity index is 700. The van der Waals surface area contributed by atoms with Crippen LogP contribution in [-0.4, -0.2) is 22.0 Å². The van der Waals surface area contributed by atoms with Gasteiger partial charge in [0.1, 0.15) is 0 Å². The molecule has 0 spiro atoms. The maximum atomic E-state index is 12.2. The molecule has 2 aromatic rings. The second-order valence-corrected chi connectivity index (χ2v) is 7.08. The van der Waals surface area contributed by atoms with Crippen LogP contribution in [0.5, 0.6) is 0 Å². The second-order valence-electron chi connectivity index (χ2n) is 6.22. The van der Waals surface area contributed by atoms with Crippen molar-refractivity contribution in [1.29, 1.82) is 0 Å². The lowest BCUT2D eigenvalue weighted by Crippen LogP contribution is -2.26. The summed E-state index contributed by atoms with van der Waals surface area (Å²) in [5.74, 6) is -1.71. The number of nitrogens with zero attached hydrogens (tertiary/aromatic N) is 1. The fourth-order valence-corrected chi connectivity index (χ4v) is 3.49. The van der Waals surface area contributed by atoms with Crippen LogP contribution in [0.15, 0.2) is 35.7 Å². The summed E-state index contributed by atoms with van der Waals surface area (Å²) in [4.78, 5) is 28.1. The molecule has 0 saturated carbocycles. The smallest absolute Gasteiger partial charge is 0.306 e. The average molecular weight is 360 g/mol. The standard InChI is InChI=1S/C19H24N2O3S/c1-3-4-10-15(18(23)24)13(2)11-17(22)21-19-20-16(12-25-19)14-8-6-5-7-9-14/h5-9,12-13,15H,3-4,10-11H2,1-2H3,(H,23,24)(H,20,21,22)/t13-,15+/m0/s1. The highest BCUT2D eigenvalue weighted by molar-refractivity contribution is 7.14. The van der Waals surface area contributed by atoms with Crippen LogP contribution in [0.4, 0.5) is 5.13 Å². The summed E-state index contributed by atoms with van der Waals surface area (Å²) in [5.41, 5.74) is 1.82. The van der Waals surface area contributed by atoms with Crippen molar-refractivity contribution in [3.63, 3.8) is 0 Å². The summed E-state index contributed by atoms with van der Waals surface area (Å²) >= 11 is 1.37. The monoisotopic (exact) mass is 360 g/mol. The lowest BCUT2D eigenvalue weighted by atomic mass is 9.87. The first-order valence-corrected chi connectivity index (χ1v) is 9.42. The molecule has 2 N–H and O–H groups in total. The molecule has 5 nitrogen and oxygen atoms in total. The molecule has 2 rings (SSSR count). The van der Waals surface area contributed by atoms with Crippen molar-refractivity contribution >= 4 is 28.3 Å². The van der Waals surface area contributed by atoms with Crippen molar-refractivity contribution in [2.45, 2.75) is 39.5 Å². The predicted octanol–water partition coefficient (Wildman–Crippen LogP) is 4.67. The van der Waals surface area contributed by atoms with Gasteiger partial charge in [0.25, 0.3) is 0 Å². The summed E-state index contributed by atoms with van der Waals surface area (Å²) in [7, 11) is 0. The number of nitrogens with one attached hydrogen (secondary N) is 1. The number of carbonyl (C=O) groups excluding carboxylic acids is 1. The van der Waals surface area contributed by atoms with Crippen molar-refractivity contribution in [2.24, 2.45) is 11.8 Å². The van der Waals surface area contributed by atoms with Crippen molar-refractivity contribution in [2.75, 3.05) is 5.32 Å². The molecule has 0 aliphatic carbocycles. The van der Waals surface area contributed by atoms with Crippen molar-refractivity contribution in [1.82, 2.24) is 4.98 Å². The third-order valence-corrected chi connectivity index (χ3v) is 4.96. The Balaban J connectivity index is 1.93. The van der Waals surface area contributed by atoms with E-state index in [0.29, 0.717) is 11.6 Å². The third-order valence-electron chi connectivity index (χ3n) is 4.20. The summed E-state index contributed by atoms with van der Waals surface area (Å²) in [6, 6.07) is 9.76. The zero-order valence-electron chi connectivity index (χ0n) is 14.6. The molecule has 0 saturated heterocycles. The van der Waals surface area contributed by atoms with Gasteiger partial charge in [-0.25, -0.2) is 4.98 Å². The zero-order chi connectivity index (χ0) is 18.2. The molecule has 0 bridgehead atoms. The number of carboxylic acid groups (broad SMARTS) is 1. The molecule has 1 aromatic carbocycles. The van der Waals surface area contributed by atoms with E-state index in [-0.39, 0.29) is 18.2 Å². The van der Waals surface area contributed by atoms with Gasteiger partial charge in [0, 0.05) is 17.4 Å². The van der Waals surface area contributed by atoms with E-state index in [1.165, 1.54) is 11.3 Å². The minimum atomic E-state index is -0.825. The molecular formula is C19H24N2O3S. The molecule has 0 unspecified atom stereocenters. The Labute approximate surface area is 152 Å². The molecule has 25 heavy (non-hydrogen) atoms. The van der Waals surface area contributed by atoms with Crippen LogP contribution in [0.3, 0.4) is 0 Å². The molecule has 134 valence electrons. The number of rotatable bonds is 9. The van der Waals surface area contributed by atoms with Gasteiger partial charge in [-0.1, -0.05) is 57.0 Å². The average Bonchev–Trinajstić information content (AvgIpc) is 3.04. The Morgan fingerprint density at radius 1 is 1.28 bits per heavy atom. The summed E-state index contributed by atoms with van der Waals surface area (Å²) < 4.78 is 0. The first kappa shape index (κ1) is 19.1. The van der Waals surface area contributed by atoms with E-state index in [1.807, 2.05) is 49.6 Å². The first-order chi connectivity index (χ1) is 12.0. The third kappa shape index (κ3) is 5.67. The maximum absolute atomic E-state index is 12.2. The molecule has 2 atom stereocenters. The van der Waals surface area contributed by atoms with Gasteiger partial charge in [0.2, 0.25) is 5.91 Å². The lowest BCUT2D eigenvalue weighted by Gasteiger charge is -2.19. The Morgan fingerprint density at radius 3 is 2.64 bits per heavy atom. The van der Waals surface area contributed by atoms with Gasteiger partial charge in [-0.05, 0) is 12.3 Å². The number of aliphatic carboxylic acids is 1. The van der Waals surface area contributed by atoms with Gasteiger partial charge >= 0.3 is 5.97 Å². The van der Waals surface area contributed by atoms with Crippen LogP contribution in [0, 0.1) is 11.8 Å². The van der Waals surface area contributed by atoms with Crippen molar-refractivity contribution < 1.29 is 14.7 Å². The number of amides is 1. The number of aromatic nitrogens is 1. The van der Waals surface area contributed by atoms with E-state index in [2.05, 4.69) is 10.3 Å². The molecule has 1 amide bonds. The Kier molecular flexibility index (Phi) is 7.13. The van der Waals surface area contributed by atoms with E-state index < -0.39 is 11.9 Å². The van der Waals surface area contributed by atoms with Crippen LogP contribution < -0.4 is 5.32 Å². The predicted molar refractivity (Wildman–Crippen MR) is 101 cm³/mol. The van der Waals surface area contributed by atoms with E-state index in [0.717, 1.165) is 24.1 Å². The minimum absolute atomic E-state index is 0.181. The topological polar surface area (TPSA) is 79.3 Å².